The van der Waals surface area contributed by atoms with Crippen LogP contribution in [0.3, 0.4) is 0 Å². The van der Waals surface area contributed by atoms with Gasteiger partial charge in [0.05, 0.1) is 6.42 Å². The van der Waals surface area contributed by atoms with E-state index in [9.17, 15) is 9.59 Å². The standard InChI is InChI=1S/C14H19NO3/c1-4-11-7-5-6-9(2)13(11)15-14(18)10(3)8-12(16)17/h5-7,10H,4,8H2,1-3H3,(H,15,18)(H,16,17). The van der Waals surface area contributed by atoms with E-state index in [-0.39, 0.29) is 12.3 Å². The van der Waals surface area contributed by atoms with Crippen LogP contribution in [0.15, 0.2) is 18.2 Å². The number of aliphatic carboxylic acids is 1. The lowest BCUT2D eigenvalue weighted by atomic mass is 10.0. The van der Waals surface area contributed by atoms with Crippen LogP contribution in [0.4, 0.5) is 5.69 Å². The molecule has 1 unspecified atom stereocenters. The van der Waals surface area contributed by atoms with Crippen molar-refractivity contribution in [3.63, 3.8) is 0 Å². The average Bonchev–Trinajstić information content (AvgIpc) is 2.30. The molecule has 1 aromatic rings. The van der Waals surface area contributed by atoms with Gasteiger partial charge in [-0.2, -0.15) is 0 Å². The molecule has 1 aromatic carbocycles. The number of carboxylic acid groups (broad SMARTS) is 1. The number of rotatable bonds is 5. The van der Waals surface area contributed by atoms with Gasteiger partial charge in [0.2, 0.25) is 5.91 Å². The summed E-state index contributed by atoms with van der Waals surface area (Å²) in [6, 6.07) is 5.84. The van der Waals surface area contributed by atoms with Crippen molar-refractivity contribution in [2.75, 3.05) is 5.32 Å². The SMILES string of the molecule is CCc1cccc(C)c1NC(=O)C(C)CC(=O)O. The van der Waals surface area contributed by atoms with Crippen molar-refractivity contribution in [1.29, 1.82) is 0 Å². The molecule has 18 heavy (non-hydrogen) atoms. The third-order valence-corrected chi connectivity index (χ3v) is 2.92. The van der Waals surface area contributed by atoms with Crippen molar-refractivity contribution in [3.05, 3.63) is 29.3 Å². The van der Waals surface area contributed by atoms with Crippen molar-refractivity contribution in [1.82, 2.24) is 0 Å². The highest BCUT2D eigenvalue weighted by atomic mass is 16.4. The van der Waals surface area contributed by atoms with Gasteiger partial charge in [-0.05, 0) is 24.5 Å². The normalized spacial score (nSPS) is 11.9. The van der Waals surface area contributed by atoms with Gasteiger partial charge in [0.25, 0.3) is 0 Å². The van der Waals surface area contributed by atoms with Gasteiger partial charge < -0.3 is 10.4 Å². The lowest BCUT2D eigenvalue weighted by molar-refractivity contribution is -0.139. The van der Waals surface area contributed by atoms with E-state index in [0.717, 1.165) is 23.2 Å². The molecule has 0 aromatic heterocycles. The molecule has 0 heterocycles. The molecule has 4 heteroatoms. The van der Waals surface area contributed by atoms with E-state index >= 15 is 0 Å². The van der Waals surface area contributed by atoms with E-state index in [1.54, 1.807) is 6.92 Å². The summed E-state index contributed by atoms with van der Waals surface area (Å²) in [6.45, 7) is 5.56. The number of nitrogens with one attached hydrogen (secondary N) is 1. The number of para-hydroxylation sites is 1. The second kappa shape index (κ2) is 6.19. The Hall–Kier alpha value is -1.84. The maximum Gasteiger partial charge on any atom is 0.304 e. The lowest BCUT2D eigenvalue weighted by Crippen LogP contribution is -2.23. The highest BCUT2D eigenvalue weighted by Gasteiger charge is 2.18. The number of hydrogen-bond acceptors (Lipinski definition) is 2. The summed E-state index contributed by atoms with van der Waals surface area (Å²) in [6.07, 6.45) is 0.670. The van der Waals surface area contributed by atoms with E-state index in [4.69, 9.17) is 5.11 Å². The molecule has 0 aliphatic carbocycles. The van der Waals surface area contributed by atoms with Gasteiger partial charge in [0.1, 0.15) is 0 Å². The first-order valence-electron chi connectivity index (χ1n) is 6.06. The summed E-state index contributed by atoms with van der Waals surface area (Å²) in [4.78, 5) is 22.5. The molecule has 0 aliphatic heterocycles. The Morgan fingerprint density at radius 1 is 1.39 bits per heavy atom. The van der Waals surface area contributed by atoms with E-state index in [1.807, 2.05) is 32.0 Å². The van der Waals surface area contributed by atoms with Crippen molar-refractivity contribution in [2.45, 2.75) is 33.6 Å². The molecule has 0 fully saturated rings. The molecule has 1 amide bonds. The largest absolute Gasteiger partial charge is 0.481 e. The summed E-state index contributed by atoms with van der Waals surface area (Å²) in [5.74, 6) is -1.74. The molecule has 1 rings (SSSR count). The van der Waals surface area contributed by atoms with E-state index < -0.39 is 11.9 Å². The molecule has 0 aliphatic rings. The summed E-state index contributed by atoms with van der Waals surface area (Å²) < 4.78 is 0. The minimum Gasteiger partial charge on any atom is -0.481 e. The number of carbonyl (C=O) groups is 2. The lowest BCUT2D eigenvalue weighted by Gasteiger charge is -2.15. The van der Waals surface area contributed by atoms with Crippen molar-refractivity contribution < 1.29 is 14.7 Å². The minimum atomic E-state index is -0.960. The first kappa shape index (κ1) is 14.2. The van der Waals surface area contributed by atoms with Gasteiger partial charge >= 0.3 is 5.97 Å². The third kappa shape index (κ3) is 3.58. The first-order valence-corrected chi connectivity index (χ1v) is 6.06. The number of aryl methyl sites for hydroxylation is 2. The Morgan fingerprint density at radius 2 is 2.06 bits per heavy atom. The number of hydrogen-bond donors (Lipinski definition) is 2. The predicted molar refractivity (Wildman–Crippen MR) is 70.6 cm³/mol. The molecule has 0 saturated carbocycles. The van der Waals surface area contributed by atoms with Gasteiger partial charge in [-0.3, -0.25) is 9.59 Å². The molecule has 0 saturated heterocycles. The number of benzene rings is 1. The zero-order chi connectivity index (χ0) is 13.7. The molecule has 4 nitrogen and oxygen atoms in total. The van der Waals surface area contributed by atoms with Crippen LogP contribution >= 0.6 is 0 Å². The minimum absolute atomic E-state index is 0.154. The molecule has 1 atom stereocenters. The van der Waals surface area contributed by atoms with Crippen molar-refractivity contribution >= 4 is 17.6 Å². The average molecular weight is 249 g/mol. The Balaban J connectivity index is 2.84. The molecular weight excluding hydrogens is 230 g/mol. The monoisotopic (exact) mass is 249 g/mol. The van der Waals surface area contributed by atoms with Crippen LogP contribution in [-0.2, 0) is 16.0 Å². The predicted octanol–water partition coefficient (Wildman–Crippen LogP) is 2.61. The maximum absolute atomic E-state index is 11.9. The molecule has 98 valence electrons. The molecule has 0 spiro atoms. The van der Waals surface area contributed by atoms with Gasteiger partial charge in [-0.15, -0.1) is 0 Å². The van der Waals surface area contributed by atoms with Crippen molar-refractivity contribution in [3.8, 4) is 0 Å². The molecular formula is C14H19NO3. The highest BCUT2D eigenvalue weighted by Crippen LogP contribution is 2.22. The number of amides is 1. The van der Waals surface area contributed by atoms with Gasteiger partial charge in [-0.25, -0.2) is 0 Å². The summed E-state index contributed by atoms with van der Waals surface area (Å²) in [7, 11) is 0. The Kier molecular flexibility index (Phi) is 4.89. The van der Waals surface area contributed by atoms with Crippen LogP contribution in [0.25, 0.3) is 0 Å². The van der Waals surface area contributed by atoms with Gasteiger partial charge in [0, 0.05) is 11.6 Å². The number of carbonyl (C=O) groups excluding carboxylic acids is 1. The van der Waals surface area contributed by atoms with Crippen LogP contribution in [0.2, 0.25) is 0 Å². The smallest absolute Gasteiger partial charge is 0.304 e. The maximum atomic E-state index is 11.9. The van der Waals surface area contributed by atoms with Crippen LogP contribution in [0.1, 0.15) is 31.4 Å². The zero-order valence-corrected chi connectivity index (χ0v) is 11.0. The van der Waals surface area contributed by atoms with Gasteiger partial charge in [-0.1, -0.05) is 32.0 Å². The fourth-order valence-electron chi connectivity index (χ4n) is 1.80. The summed E-state index contributed by atoms with van der Waals surface area (Å²) in [5, 5.41) is 11.5. The topological polar surface area (TPSA) is 66.4 Å². The number of carboxylic acids is 1. The summed E-state index contributed by atoms with van der Waals surface area (Å²) >= 11 is 0. The first-order chi connectivity index (χ1) is 8.45. The fourth-order valence-corrected chi connectivity index (χ4v) is 1.80. The molecule has 2 N–H and O–H groups in total. The van der Waals surface area contributed by atoms with Crippen LogP contribution in [0, 0.1) is 12.8 Å². The van der Waals surface area contributed by atoms with Crippen LogP contribution < -0.4 is 5.32 Å². The second-order valence-electron chi connectivity index (χ2n) is 4.45. The van der Waals surface area contributed by atoms with E-state index in [1.165, 1.54) is 0 Å². The van der Waals surface area contributed by atoms with Gasteiger partial charge in [0.15, 0.2) is 0 Å². The Labute approximate surface area is 107 Å². The van der Waals surface area contributed by atoms with Crippen LogP contribution in [-0.4, -0.2) is 17.0 Å². The highest BCUT2D eigenvalue weighted by molar-refractivity contribution is 5.95. The van der Waals surface area contributed by atoms with E-state index in [0.29, 0.717) is 0 Å². The fraction of sp³-hybridized carbons (Fsp3) is 0.429. The van der Waals surface area contributed by atoms with Crippen molar-refractivity contribution in [2.24, 2.45) is 5.92 Å². The number of anilines is 1. The van der Waals surface area contributed by atoms with E-state index in [2.05, 4.69) is 5.32 Å². The summed E-state index contributed by atoms with van der Waals surface area (Å²) in [5.41, 5.74) is 2.86. The Morgan fingerprint density at radius 3 is 2.61 bits per heavy atom. The quantitative estimate of drug-likeness (QED) is 0.843. The zero-order valence-electron chi connectivity index (χ0n) is 11.0. The second-order valence-corrected chi connectivity index (χ2v) is 4.45. The molecule has 0 radical (unpaired) electrons. The molecule has 0 bridgehead atoms. The van der Waals surface area contributed by atoms with Crippen LogP contribution in [0.5, 0.6) is 0 Å². The Bertz CT molecular complexity index is 454. The third-order valence-electron chi connectivity index (χ3n) is 2.92.